The fourth-order valence-corrected chi connectivity index (χ4v) is 4.25. The van der Waals surface area contributed by atoms with Gasteiger partial charge in [-0.3, -0.25) is 4.79 Å². The predicted molar refractivity (Wildman–Crippen MR) is 138 cm³/mol. The Kier molecular flexibility index (Phi) is 7.73. The molecule has 0 atom stereocenters. The third-order valence-corrected chi connectivity index (χ3v) is 6.15. The number of hydrogen-bond donors (Lipinski definition) is 3. The van der Waals surface area contributed by atoms with Gasteiger partial charge in [0, 0.05) is 30.0 Å². The third-order valence-electron chi connectivity index (χ3n) is 5.94. The Morgan fingerprint density at radius 3 is 2.06 bits per heavy atom. The quantitative estimate of drug-likeness (QED) is 0.263. The van der Waals surface area contributed by atoms with Crippen LogP contribution in [-0.4, -0.2) is 24.1 Å². The number of hydrogen-bond acceptors (Lipinski definition) is 3. The first-order chi connectivity index (χ1) is 17.3. The molecule has 0 bridgehead atoms. The zero-order chi connectivity index (χ0) is 25.8. The normalized spacial score (nSPS) is 13.3. The molecule has 1 heterocycles. The first kappa shape index (κ1) is 25.4. The van der Waals surface area contributed by atoms with Gasteiger partial charge in [0.2, 0.25) is 0 Å². The van der Waals surface area contributed by atoms with Gasteiger partial charge in [0.25, 0.3) is 5.91 Å². The molecule has 36 heavy (non-hydrogen) atoms. The van der Waals surface area contributed by atoms with E-state index < -0.39 is 34.9 Å². The van der Waals surface area contributed by atoms with Crippen LogP contribution in [0.4, 0.5) is 40.3 Å². The number of anilines is 4. The van der Waals surface area contributed by atoms with Crippen LogP contribution in [0.25, 0.3) is 0 Å². The van der Waals surface area contributed by atoms with Gasteiger partial charge in [0.05, 0.1) is 5.56 Å². The van der Waals surface area contributed by atoms with Crippen LogP contribution in [0.1, 0.15) is 35.2 Å². The molecule has 0 unspecified atom stereocenters. The van der Waals surface area contributed by atoms with Gasteiger partial charge in [0.15, 0.2) is 22.6 Å². The van der Waals surface area contributed by atoms with E-state index in [9.17, 15) is 18.0 Å². The summed E-state index contributed by atoms with van der Waals surface area (Å²) >= 11 is 5.22. The van der Waals surface area contributed by atoms with Crippen LogP contribution in [0.15, 0.2) is 48.5 Å². The third kappa shape index (κ3) is 5.43. The molecule has 1 fully saturated rings. The van der Waals surface area contributed by atoms with Crippen LogP contribution in [-0.2, 0) is 0 Å². The molecule has 0 radical (unpaired) electrons. The highest BCUT2D eigenvalue weighted by atomic mass is 32.1. The maximum Gasteiger partial charge on any atom is 0.258 e. The van der Waals surface area contributed by atoms with Crippen molar-refractivity contribution in [3.63, 3.8) is 0 Å². The van der Waals surface area contributed by atoms with Crippen molar-refractivity contribution < 1.29 is 22.4 Å². The Bertz CT molecular complexity index is 1290. The highest BCUT2D eigenvalue weighted by molar-refractivity contribution is 7.80. The molecule has 0 aliphatic carbocycles. The van der Waals surface area contributed by atoms with Crippen molar-refractivity contribution in [2.75, 3.05) is 33.9 Å². The van der Waals surface area contributed by atoms with Crippen LogP contribution in [0.2, 0.25) is 0 Å². The van der Waals surface area contributed by atoms with Crippen LogP contribution in [0.3, 0.4) is 0 Å². The number of halogens is 4. The van der Waals surface area contributed by atoms with Crippen LogP contribution in [0, 0.1) is 30.2 Å². The summed E-state index contributed by atoms with van der Waals surface area (Å²) in [7, 11) is 0. The molecule has 3 aromatic carbocycles. The van der Waals surface area contributed by atoms with Crippen LogP contribution in [0.5, 0.6) is 0 Å². The van der Waals surface area contributed by atoms with Crippen LogP contribution < -0.4 is 20.9 Å². The lowest BCUT2D eigenvalue weighted by atomic mass is 10.1. The fourth-order valence-electron chi connectivity index (χ4n) is 4.03. The number of amides is 1. The van der Waals surface area contributed by atoms with Crippen molar-refractivity contribution in [1.29, 1.82) is 0 Å². The Labute approximate surface area is 211 Å². The molecule has 1 aliphatic heterocycles. The lowest BCUT2D eigenvalue weighted by Crippen LogP contribution is -2.32. The van der Waals surface area contributed by atoms with Gasteiger partial charge in [-0.25, -0.2) is 17.6 Å². The molecule has 3 N–H and O–H groups in total. The monoisotopic (exact) mass is 516 g/mol. The van der Waals surface area contributed by atoms with E-state index in [-0.39, 0.29) is 21.9 Å². The summed E-state index contributed by atoms with van der Waals surface area (Å²) in [6, 6.07) is 11.9. The number of carbonyl (C=O) groups excluding carboxylic acids is 1. The smallest absolute Gasteiger partial charge is 0.258 e. The molecule has 4 rings (SSSR count). The van der Waals surface area contributed by atoms with Crippen molar-refractivity contribution >= 4 is 46.0 Å². The second kappa shape index (κ2) is 10.9. The van der Waals surface area contributed by atoms with Gasteiger partial charge in [-0.15, -0.1) is 0 Å². The van der Waals surface area contributed by atoms with Gasteiger partial charge in [-0.05, 0) is 74.8 Å². The van der Waals surface area contributed by atoms with E-state index in [1.807, 2.05) is 0 Å². The van der Waals surface area contributed by atoms with Crippen molar-refractivity contribution in [2.24, 2.45) is 0 Å². The molecule has 5 nitrogen and oxygen atoms in total. The second-order valence-corrected chi connectivity index (χ2v) is 8.84. The summed E-state index contributed by atoms with van der Waals surface area (Å²) in [5, 5.41) is 7.80. The number of carbonyl (C=O) groups is 1. The zero-order valence-electron chi connectivity index (χ0n) is 19.4. The number of rotatable bonds is 5. The maximum atomic E-state index is 15.3. The Hall–Kier alpha value is -3.66. The van der Waals surface area contributed by atoms with Crippen molar-refractivity contribution in [3.8, 4) is 0 Å². The Morgan fingerprint density at radius 1 is 0.806 bits per heavy atom. The molecule has 0 spiro atoms. The molecule has 1 aliphatic rings. The van der Waals surface area contributed by atoms with Gasteiger partial charge in [0.1, 0.15) is 17.2 Å². The van der Waals surface area contributed by atoms with E-state index >= 15 is 4.39 Å². The average Bonchev–Trinajstić information content (AvgIpc) is 2.87. The van der Waals surface area contributed by atoms with Gasteiger partial charge in [-0.2, -0.15) is 0 Å². The van der Waals surface area contributed by atoms with Crippen molar-refractivity contribution in [3.05, 3.63) is 82.9 Å². The summed E-state index contributed by atoms with van der Waals surface area (Å²) < 4.78 is 58.6. The van der Waals surface area contributed by atoms with E-state index in [2.05, 4.69) is 16.0 Å². The SMILES string of the molecule is Cc1c(F)c(NC(=S)Nc2ccc(NC(=O)c3ccccc3F)cc2)c(F)c(N2CCCCC2)c1F. The molecule has 1 amide bonds. The van der Waals surface area contributed by atoms with Gasteiger partial charge >= 0.3 is 0 Å². The van der Waals surface area contributed by atoms with Crippen LogP contribution >= 0.6 is 12.2 Å². The number of piperidine rings is 1. The van der Waals surface area contributed by atoms with Gasteiger partial charge in [-0.1, -0.05) is 12.1 Å². The summed E-state index contributed by atoms with van der Waals surface area (Å²) in [4.78, 5) is 13.9. The minimum absolute atomic E-state index is 0.0901. The summed E-state index contributed by atoms with van der Waals surface area (Å²) in [5.74, 6) is -4.24. The Morgan fingerprint density at radius 2 is 1.42 bits per heavy atom. The predicted octanol–water partition coefficient (Wildman–Crippen LogP) is 6.60. The first-order valence-corrected chi connectivity index (χ1v) is 11.8. The minimum Gasteiger partial charge on any atom is -0.367 e. The summed E-state index contributed by atoms with van der Waals surface area (Å²) in [6.45, 7) is 2.23. The molecule has 0 saturated carbocycles. The first-order valence-electron chi connectivity index (χ1n) is 11.4. The molecule has 10 heteroatoms. The molecular weight excluding hydrogens is 492 g/mol. The van der Waals surface area contributed by atoms with Gasteiger partial charge < -0.3 is 20.9 Å². The zero-order valence-corrected chi connectivity index (χ0v) is 20.2. The van der Waals surface area contributed by atoms with Crippen molar-refractivity contribution in [1.82, 2.24) is 0 Å². The highest BCUT2D eigenvalue weighted by Gasteiger charge is 2.28. The molecular formula is C26H24F4N4OS. The van der Waals surface area contributed by atoms with E-state index in [1.54, 1.807) is 35.2 Å². The maximum absolute atomic E-state index is 15.3. The molecule has 188 valence electrons. The van der Waals surface area contributed by atoms with Crippen molar-refractivity contribution in [2.45, 2.75) is 26.2 Å². The minimum atomic E-state index is -1.05. The van der Waals surface area contributed by atoms with E-state index in [1.165, 1.54) is 25.1 Å². The number of nitrogens with zero attached hydrogens (tertiary/aromatic N) is 1. The van der Waals surface area contributed by atoms with E-state index in [4.69, 9.17) is 12.2 Å². The second-order valence-electron chi connectivity index (χ2n) is 8.43. The molecule has 1 saturated heterocycles. The lowest BCUT2D eigenvalue weighted by Gasteiger charge is -2.30. The fraction of sp³-hybridized carbons (Fsp3) is 0.231. The lowest BCUT2D eigenvalue weighted by molar-refractivity contribution is 0.102. The Balaban J connectivity index is 1.46. The average molecular weight is 517 g/mol. The number of benzene rings is 3. The number of thiocarbonyl (C=S) groups is 1. The largest absolute Gasteiger partial charge is 0.367 e. The van der Waals surface area contributed by atoms with E-state index in [0.29, 0.717) is 24.5 Å². The number of nitrogens with one attached hydrogen (secondary N) is 3. The molecule has 0 aromatic heterocycles. The summed E-state index contributed by atoms with van der Waals surface area (Å²) in [5.41, 5.74) is -0.295. The topological polar surface area (TPSA) is 56.4 Å². The standard InChI is InChI=1S/C26H24F4N4OS/c1-15-20(28)23(22(30)24(21(15)29)34-13-5-2-6-14-34)33-26(36)32-17-11-9-16(10-12-17)31-25(35)18-7-3-4-8-19(18)27/h3-4,7-12H,2,5-6,13-14H2,1H3,(H,31,35)(H2,32,33,36). The van der Waals surface area contributed by atoms with E-state index in [0.717, 1.165) is 19.3 Å². The summed E-state index contributed by atoms with van der Waals surface area (Å²) in [6.07, 6.45) is 2.58. The highest BCUT2D eigenvalue weighted by Crippen LogP contribution is 2.36. The molecule has 3 aromatic rings.